The average molecular weight is 353 g/mol. The zero-order valence-electron chi connectivity index (χ0n) is 12.2. The van der Waals surface area contributed by atoms with Crippen LogP contribution < -0.4 is 10.1 Å². The van der Waals surface area contributed by atoms with Crippen LogP contribution in [0.1, 0.15) is 15.9 Å². The number of aromatic nitrogens is 2. The second-order valence-electron chi connectivity index (χ2n) is 4.74. The van der Waals surface area contributed by atoms with Crippen LogP contribution in [0.5, 0.6) is 5.75 Å². The van der Waals surface area contributed by atoms with Crippen LogP contribution in [0.25, 0.3) is 10.1 Å². The Hall–Kier alpha value is -2.68. The van der Waals surface area contributed by atoms with Crippen molar-refractivity contribution >= 4 is 33.3 Å². The molecule has 0 aliphatic carbocycles. The van der Waals surface area contributed by atoms with Crippen LogP contribution in [-0.4, -0.2) is 22.4 Å². The van der Waals surface area contributed by atoms with Crippen LogP contribution in [-0.2, 0) is 6.18 Å². The molecule has 1 aromatic carbocycles. The number of fused-ring (bicyclic) bond motifs is 1. The number of alkyl halides is 3. The van der Waals surface area contributed by atoms with E-state index in [4.69, 9.17) is 4.74 Å². The van der Waals surface area contributed by atoms with Crippen LogP contribution in [0.15, 0.2) is 36.7 Å². The third-order valence-corrected chi connectivity index (χ3v) is 4.09. The number of methoxy groups -OCH3 is 1. The summed E-state index contributed by atoms with van der Waals surface area (Å²) in [7, 11) is 1.46. The quantitative estimate of drug-likeness (QED) is 0.774. The van der Waals surface area contributed by atoms with E-state index in [9.17, 15) is 18.0 Å². The third kappa shape index (κ3) is 2.90. The summed E-state index contributed by atoms with van der Waals surface area (Å²) in [5.41, 5.74) is -1.62. The van der Waals surface area contributed by atoms with E-state index in [2.05, 4.69) is 14.7 Å². The SMILES string of the molecule is COc1cccc2snc(NC(=O)c3cnccc3C(F)(F)F)c12. The van der Waals surface area contributed by atoms with Crippen molar-refractivity contribution in [2.45, 2.75) is 6.18 Å². The lowest BCUT2D eigenvalue weighted by molar-refractivity contribution is -0.138. The Labute approximate surface area is 138 Å². The molecular weight excluding hydrogens is 343 g/mol. The molecule has 9 heteroatoms. The number of amides is 1. The largest absolute Gasteiger partial charge is 0.496 e. The number of nitrogens with one attached hydrogen (secondary N) is 1. The third-order valence-electron chi connectivity index (χ3n) is 3.28. The molecule has 5 nitrogen and oxygen atoms in total. The maximum absolute atomic E-state index is 13.0. The van der Waals surface area contributed by atoms with Gasteiger partial charge in [0.25, 0.3) is 5.91 Å². The number of benzene rings is 1. The lowest BCUT2D eigenvalue weighted by atomic mass is 10.1. The van der Waals surface area contributed by atoms with E-state index >= 15 is 0 Å². The van der Waals surface area contributed by atoms with E-state index < -0.39 is 23.2 Å². The Morgan fingerprint density at radius 3 is 2.79 bits per heavy atom. The van der Waals surface area contributed by atoms with Crippen LogP contribution in [0.3, 0.4) is 0 Å². The van der Waals surface area contributed by atoms with E-state index in [0.29, 0.717) is 11.1 Å². The van der Waals surface area contributed by atoms with Crippen molar-refractivity contribution in [2.75, 3.05) is 12.4 Å². The number of pyridine rings is 1. The molecule has 0 bridgehead atoms. The van der Waals surface area contributed by atoms with E-state index in [1.807, 2.05) is 0 Å². The number of hydrogen-bond donors (Lipinski definition) is 1. The minimum atomic E-state index is -4.66. The molecule has 0 unspecified atom stereocenters. The lowest BCUT2D eigenvalue weighted by Crippen LogP contribution is -2.19. The molecule has 1 N–H and O–H groups in total. The predicted molar refractivity (Wildman–Crippen MR) is 83.4 cm³/mol. The van der Waals surface area contributed by atoms with Crippen molar-refractivity contribution in [3.8, 4) is 5.75 Å². The molecule has 0 aliphatic heterocycles. The summed E-state index contributed by atoms with van der Waals surface area (Å²) in [4.78, 5) is 15.9. The maximum Gasteiger partial charge on any atom is 0.417 e. The summed E-state index contributed by atoms with van der Waals surface area (Å²) < 4.78 is 49.1. The van der Waals surface area contributed by atoms with Gasteiger partial charge in [0, 0.05) is 12.4 Å². The molecule has 3 aromatic rings. The van der Waals surface area contributed by atoms with Crippen LogP contribution >= 0.6 is 11.5 Å². The molecule has 1 amide bonds. The van der Waals surface area contributed by atoms with Crippen molar-refractivity contribution in [2.24, 2.45) is 0 Å². The summed E-state index contributed by atoms with van der Waals surface area (Å²) in [6.45, 7) is 0. The van der Waals surface area contributed by atoms with Gasteiger partial charge in [-0.2, -0.15) is 17.5 Å². The van der Waals surface area contributed by atoms with Crippen molar-refractivity contribution in [3.63, 3.8) is 0 Å². The molecule has 24 heavy (non-hydrogen) atoms. The smallest absolute Gasteiger partial charge is 0.417 e. The van der Waals surface area contributed by atoms with Gasteiger partial charge in [0.2, 0.25) is 0 Å². The normalized spacial score (nSPS) is 11.5. The molecule has 3 rings (SSSR count). The zero-order valence-corrected chi connectivity index (χ0v) is 13.0. The summed E-state index contributed by atoms with van der Waals surface area (Å²) in [6, 6.07) is 5.97. The molecule has 2 heterocycles. The fourth-order valence-corrected chi connectivity index (χ4v) is 2.97. The van der Waals surface area contributed by atoms with Gasteiger partial charge in [0.15, 0.2) is 5.82 Å². The van der Waals surface area contributed by atoms with Crippen LogP contribution in [0, 0.1) is 0 Å². The maximum atomic E-state index is 13.0. The molecule has 0 atom stereocenters. The van der Waals surface area contributed by atoms with Gasteiger partial charge in [-0.15, -0.1) is 0 Å². The van der Waals surface area contributed by atoms with Crippen molar-refractivity contribution in [3.05, 3.63) is 47.8 Å². The zero-order chi connectivity index (χ0) is 17.3. The predicted octanol–water partition coefficient (Wildman–Crippen LogP) is 3.97. The summed E-state index contributed by atoms with van der Waals surface area (Å²) in [6.07, 6.45) is -2.79. The van der Waals surface area contributed by atoms with Gasteiger partial charge in [0.1, 0.15) is 5.75 Å². The standard InChI is InChI=1S/C15H10F3N3O2S/c1-23-10-3-2-4-11-12(10)13(21-24-11)20-14(22)8-7-19-6-5-9(8)15(16,17)18/h2-7H,1H3,(H,20,21,22). The fraction of sp³-hybridized carbons (Fsp3) is 0.133. The van der Waals surface area contributed by atoms with Crippen molar-refractivity contribution in [1.82, 2.24) is 9.36 Å². The second-order valence-corrected chi connectivity index (χ2v) is 5.54. The first kappa shape index (κ1) is 16.2. The lowest BCUT2D eigenvalue weighted by Gasteiger charge is -2.11. The average Bonchev–Trinajstić information content (AvgIpc) is 2.97. The van der Waals surface area contributed by atoms with E-state index in [-0.39, 0.29) is 5.82 Å². The van der Waals surface area contributed by atoms with Crippen LogP contribution in [0.2, 0.25) is 0 Å². The summed E-state index contributed by atoms with van der Waals surface area (Å²) in [5.74, 6) is -0.318. The first-order valence-electron chi connectivity index (χ1n) is 6.66. The Morgan fingerprint density at radius 2 is 2.08 bits per heavy atom. The summed E-state index contributed by atoms with van der Waals surface area (Å²) in [5, 5.41) is 2.95. The molecule has 124 valence electrons. The highest BCUT2D eigenvalue weighted by Crippen LogP contribution is 2.36. The molecule has 0 saturated heterocycles. The van der Waals surface area contributed by atoms with Gasteiger partial charge in [-0.25, -0.2) is 0 Å². The molecule has 2 aromatic heterocycles. The monoisotopic (exact) mass is 353 g/mol. The number of halogens is 3. The highest BCUT2D eigenvalue weighted by molar-refractivity contribution is 7.13. The Kier molecular flexibility index (Phi) is 4.10. The number of ether oxygens (including phenoxy) is 1. The van der Waals surface area contributed by atoms with Gasteiger partial charge >= 0.3 is 6.18 Å². The molecule has 0 aliphatic rings. The van der Waals surface area contributed by atoms with Gasteiger partial charge in [0.05, 0.1) is 28.3 Å². The van der Waals surface area contributed by atoms with E-state index in [0.717, 1.165) is 34.7 Å². The number of hydrogen-bond acceptors (Lipinski definition) is 5. The minimum absolute atomic E-state index is 0.148. The highest BCUT2D eigenvalue weighted by Gasteiger charge is 2.35. The first-order valence-corrected chi connectivity index (χ1v) is 7.44. The van der Waals surface area contributed by atoms with E-state index in [1.165, 1.54) is 7.11 Å². The van der Waals surface area contributed by atoms with E-state index in [1.54, 1.807) is 18.2 Å². The Bertz CT molecular complexity index is 908. The van der Waals surface area contributed by atoms with Gasteiger partial charge in [-0.3, -0.25) is 9.78 Å². The van der Waals surface area contributed by atoms with Gasteiger partial charge in [-0.05, 0) is 29.7 Å². The number of nitrogens with zero attached hydrogens (tertiary/aromatic N) is 2. The molecule has 0 fully saturated rings. The molecule has 0 saturated carbocycles. The van der Waals surface area contributed by atoms with Gasteiger partial charge < -0.3 is 10.1 Å². The van der Waals surface area contributed by atoms with Crippen molar-refractivity contribution < 1.29 is 22.7 Å². The minimum Gasteiger partial charge on any atom is -0.496 e. The van der Waals surface area contributed by atoms with Gasteiger partial charge in [-0.1, -0.05) is 6.07 Å². The van der Waals surface area contributed by atoms with Crippen molar-refractivity contribution in [1.29, 1.82) is 0 Å². The topological polar surface area (TPSA) is 64.1 Å². The first-order chi connectivity index (χ1) is 11.4. The van der Waals surface area contributed by atoms with Crippen LogP contribution in [0.4, 0.5) is 19.0 Å². The number of rotatable bonds is 3. The highest BCUT2D eigenvalue weighted by atomic mass is 32.1. The number of anilines is 1. The molecule has 0 spiro atoms. The molecule has 0 radical (unpaired) electrons. The number of carbonyl (C=O) groups excluding carboxylic acids is 1. The Morgan fingerprint density at radius 1 is 1.29 bits per heavy atom. The number of carbonyl (C=O) groups is 1. The Balaban J connectivity index is 2.00. The summed E-state index contributed by atoms with van der Waals surface area (Å²) >= 11 is 1.11. The second kappa shape index (κ2) is 6.08. The molecular formula is C15H10F3N3O2S. The fourth-order valence-electron chi connectivity index (χ4n) is 2.21.